The molecule has 84 valence electrons. The summed E-state index contributed by atoms with van der Waals surface area (Å²) in [6, 6.07) is 3.75. The van der Waals surface area contributed by atoms with E-state index < -0.39 is 0 Å². The molecular formula is C10H15NO3S. The lowest BCUT2D eigenvalue weighted by Crippen LogP contribution is -2.07. The molecule has 0 radical (unpaired) electrons. The minimum atomic E-state index is 0.385. The number of benzene rings is 1. The summed E-state index contributed by atoms with van der Waals surface area (Å²) in [5.74, 6) is 1.36. The molecule has 0 aliphatic carbocycles. The first-order valence-electron chi connectivity index (χ1n) is 4.42. The number of nitrogens with one attached hydrogen (secondary N) is 1. The van der Waals surface area contributed by atoms with Crippen LogP contribution in [0.2, 0.25) is 0 Å². The fourth-order valence-electron chi connectivity index (χ4n) is 1.32. The van der Waals surface area contributed by atoms with Crippen molar-refractivity contribution in [1.82, 2.24) is 5.48 Å². The highest BCUT2D eigenvalue weighted by molar-refractivity contribution is 7.98. The predicted molar refractivity (Wildman–Crippen MR) is 60.0 cm³/mol. The summed E-state index contributed by atoms with van der Waals surface area (Å²) in [6.07, 6.45) is 1.97. The number of ether oxygens (including phenoxy) is 2. The summed E-state index contributed by atoms with van der Waals surface area (Å²) in [4.78, 5) is 1.05. The zero-order chi connectivity index (χ0) is 11.3. The van der Waals surface area contributed by atoms with Crippen molar-refractivity contribution in [2.24, 2.45) is 0 Å². The number of methoxy groups -OCH3 is 2. The summed E-state index contributed by atoms with van der Waals surface area (Å²) >= 11 is 1.60. The number of hydrogen-bond donors (Lipinski definition) is 2. The van der Waals surface area contributed by atoms with Crippen LogP contribution in [0.3, 0.4) is 0 Å². The predicted octanol–water partition coefficient (Wildman–Crippen LogP) is 1.90. The van der Waals surface area contributed by atoms with E-state index in [1.165, 1.54) is 0 Å². The van der Waals surface area contributed by atoms with Crippen LogP contribution in [0.25, 0.3) is 0 Å². The molecular weight excluding hydrogens is 214 g/mol. The van der Waals surface area contributed by atoms with Gasteiger partial charge in [0.2, 0.25) is 0 Å². The second-order valence-corrected chi connectivity index (χ2v) is 3.70. The largest absolute Gasteiger partial charge is 0.493 e. The number of thioether (sulfide) groups is 1. The monoisotopic (exact) mass is 229 g/mol. The van der Waals surface area contributed by atoms with E-state index in [0.29, 0.717) is 18.0 Å². The lowest BCUT2D eigenvalue weighted by Gasteiger charge is -2.12. The summed E-state index contributed by atoms with van der Waals surface area (Å²) in [7, 11) is 3.19. The molecule has 0 heterocycles. The lowest BCUT2D eigenvalue weighted by atomic mass is 10.2. The molecule has 0 saturated carbocycles. The third-order valence-electron chi connectivity index (χ3n) is 2.06. The summed E-state index contributed by atoms with van der Waals surface area (Å²) < 4.78 is 10.4. The molecule has 0 saturated heterocycles. The first-order valence-corrected chi connectivity index (χ1v) is 5.65. The molecule has 0 aliphatic rings. The molecule has 1 aromatic carbocycles. The van der Waals surface area contributed by atoms with Crippen LogP contribution in [-0.2, 0) is 6.54 Å². The Labute approximate surface area is 93.5 Å². The molecule has 0 amide bonds. The number of hydroxylamine groups is 1. The standard InChI is InChI=1S/C10H15NO3S/c1-13-8-4-7(6-11-12)10(15-3)5-9(8)14-2/h4-5,11-12H,6H2,1-3H3. The Morgan fingerprint density at radius 1 is 1.27 bits per heavy atom. The fraction of sp³-hybridized carbons (Fsp3) is 0.400. The molecule has 0 unspecified atom stereocenters. The second kappa shape index (κ2) is 5.85. The molecule has 0 aromatic heterocycles. The van der Waals surface area contributed by atoms with Crippen LogP contribution in [0.1, 0.15) is 5.56 Å². The van der Waals surface area contributed by atoms with Crippen molar-refractivity contribution in [1.29, 1.82) is 0 Å². The van der Waals surface area contributed by atoms with Gasteiger partial charge in [-0.25, -0.2) is 5.48 Å². The first-order chi connectivity index (χ1) is 7.26. The van der Waals surface area contributed by atoms with E-state index in [4.69, 9.17) is 14.7 Å². The van der Waals surface area contributed by atoms with Crippen LogP contribution in [-0.4, -0.2) is 25.7 Å². The molecule has 0 fully saturated rings. The van der Waals surface area contributed by atoms with Gasteiger partial charge >= 0.3 is 0 Å². The van der Waals surface area contributed by atoms with E-state index in [2.05, 4.69) is 5.48 Å². The molecule has 0 atom stereocenters. The van der Waals surface area contributed by atoms with E-state index in [0.717, 1.165) is 10.5 Å². The van der Waals surface area contributed by atoms with Gasteiger partial charge in [0.1, 0.15) is 0 Å². The number of hydrogen-bond acceptors (Lipinski definition) is 5. The maximum atomic E-state index is 8.70. The molecule has 15 heavy (non-hydrogen) atoms. The molecule has 0 aliphatic heterocycles. The Bertz CT molecular complexity index is 331. The minimum absolute atomic E-state index is 0.385. The van der Waals surface area contributed by atoms with Crippen molar-refractivity contribution in [3.8, 4) is 11.5 Å². The molecule has 0 spiro atoms. The van der Waals surface area contributed by atoms with Gasteiger partial charge in [0.05, 0.1) is 14.2 Å². The van der Waals surface area contributed by atoms with Gasteiger partial charge in [-0.3, -0.25) is 0 Å². The quantitative estimate of drug-likeness (QED) is 0.596. The maximum absolute atomic E-state index is 8.70. The highest BCUT2D eigenvalue weighted by atomic mass is 32.2. The average Bonchev–Trinajstić information content (AvgIpc) is 2.28. The van der Waals surface area contributed by atoms with Crippen molar-refractivity contribution < 1.29 is 14.7 Å². The Morgan fingerprint density at radius 2 is 1.87 bits per heavy atom. The molecule has 4 nitrogen and oxygen atoms in total. The van der Waals surface area contributed by atoms with E-state index >= 15 is 0 Å². The van der Waals surface area contributed by atoms with Gasteiger partial charge < -0.3 is 14.7 Å². The van der Waals surface area contributed by atoms with Gasteiger partial charge in [-0.05, 0) is 24.0 Å². The van der Waals surface area contributed by atoms with Crippen LogP contribution in [0, 0.1) is 0 Å². The average molecular weight is 229 g/mol. The fourth-order valence-corrected chi connectivity index (χ4v) is 1.93. The van der Waals surface area contributed by atoms with E-state index in [9.17, 15) is 0 Å². The topological polar surface area (TPSA) is 50.7 Å². The Hall–Kier alpha value is -0.910. The number of rotatable bonds is 5. The Balaban J connectivity index is 3.15. The lowest BCUT2D eigenvalue weighted by molar-refractivity contribution is 0.160. The van der Waals surface area contributed by atoms with Crippen LogP contribution < -0.4 is 15.0 Å². The van der Waals surface area contributed by atoms with Gasteiger partial charge in [0.25, 0.3) is 0 Å². The molecule has 5 heteroatoms. The van der Waals surface area contributed by atoms with Gasteiger partial charge in [-0.15, -0.1) is 11.8 Å². The summed E-state index contributed by atoms with van der Waals surface area (Å²) in [6.45, 7) is 0.385. The summed E-state index contributed by atoms with van der Waals surface area (Å²) in [5, 5.41) is 8.70. The van der Waals surface area contributed by atoms with E-state index in [1.807, 2.05) is 18.4 Å². The van der Waals surface area contributed by atoms with Crippen molar-refractivity contribution in [2.45, 2.75) is 11.4 Å². The van der Waals surface area contributed by atoms with Gasteiger partial charge in [0.15, 0.2) is 11.5 Å². The van der Waals surface area contributed by atoms with Crippen LogP contribution in [0.15, 0.2) is 17.0 Å². The Morgan fingerprint density at radius 3 is 2.33 bits per heavy atom. The normalized spacial score (nSPS) is 10.1. The zero-order valence-corrected chi connectivity index (χ0v) is 9.85. The smallest absolute Gasteiger partial charge is 0.161 e. The SMILES string of the molecule is COc1cc(CNO)c(SC)cc1OC. The Kier molecular flexibility index (Phi) is 4.74. The van der Waals surface area contributed by atoms with E-state index in [-0.39, 0.29) is 0 Å². The third kappa shape index (κ3) is 2.77. The maximum Gasteiger partial charge on any atom is 0.161 e. The molecule has 2 N–H and O–H groups in total. The van der Waals surface area contributed by atoms with Gasteiger partial charge in [-0.2, -0.15) is 0 Å². The van der Waals surface area contributed by atoms with Crippen LogP contribution in [0.4, 0.5) is 0 Å². The first kappa shape index (κ1) is 12.2. The highest BCUT2D eigenvalue weighted by Gasteiger charge is 2.09. The van der Waals surface area contributed by atoms with Crippen LogP contribution in [0.5, 0.6) is 11.5 Å². The van der Waals surface area contributed by atoms with Crippen molar-refractivity contribution >= 4 is 11.8 Å². The highest BCUT2D eigenvalue weighted by Crippen LogP contribution is 2.34. The van der Waals surface area contributed by atoms with Gasteiger partial charge in [0, 0.05) is 11.4 Å². The van der Waals surface area contributed by atoms with Gasteiger partial charge in [-0.1, -0.05) is 0 Å². The van der Waals surface area contributed by atoms with Crippen molar-refractivity contribution in [3.63, 3.8) is 0 Å². The second-order valence-electron chi connectivity index (χ2n) is 2.85. The van der Waals surface area contributed by atoms with Crippen LogP contribution >= 0.6 is 11.8 Å². The molecule has 1 aromatic rings. The van der Waals surface area contributed by atoms with E-state index in [1.54, 1.807) is 26.0 Å². The van der Waals surface area contributed by atoms with Crippen molar-refractivity contribution in [3.05, 3.63) is 17.7 Å². The summed E-state index contributed by atoms with van der Waals surface area (Å²) in [5.41, 5.74) is 3.11. The van der Waals surface area contributed by atoms with Crippen molar-refractivity contribution in [2.75, 3.05) is 20.5 Å². The molecule has 1 rings (SSSR count). The zero-order valence-electron chi connectivity index (χ0n) is 9.03. The minimum Gasteiger partial charge on any atom is -0.493 e. The third-order valence-corrected chi connectivity index (χ3v) is 2.88. The molecule has 0 bridgehead atoms.